The Morgan fingerprint density at radius 1 is 1.43 bits per heavy atom. The Morgan fingerprint density at radius 2 is 1.43 bits per heavy atom. The predicted molar refractivity (Wildman–Crippen MR) is 17.1 cm³/mol. The molecule has 0 aromatic carbocycles. The van der Waals surface area contributed by atoms with Crippen LogP contribution >= 0.6 is 0 Å². The average molecular weight is 343 g/mol. The van der Waals surface area contributed by atoms with Crippen molar-refractivity contribution in [2.24, 2.45) is 0 Å². The largest absolute Gasteiger partial charge is 3.00 e. The fourth-order valence-corrected chi connectivity index (χ4v) is 0. The second-order valence-electron chi connectivity index (χ2n) is 0.408. The summed E-state index contributed by atoms with van der Waals surface area (Å²) in [5, 5.41) is 0. The first-order chi connectivity index (χ1) is 2.00. The molecule has 0 aromatic rings. The van der Waals surface area contributed by atoms with Crippen LogP contribution in [0.5, 0.6) is 0 Å². The minimum absolute atomic E-state index is 0. The zero-order valence-corrected chi connectivity index (χ0v) is 10.5. The van der Waals surface area contributed by atoms with Crippen LogP contribution in [0.1, 0.15) is 0 Å². The molecule has 0 saturated carbocycles. The number of hydrogen-bond acceptors (Lipinski definition) is 4. The normalized spacial score (nSPS) is 8.29. The Balaban J connectivity index is -0.0000000800. The van der Waals surface area contributed by atoms with E-state index in [1.165, 1.54) is 0 Å². The van der Waals surface area contributed by atoms with Crippen molar-refractivity contribution in [1.29, 1.82) is 0 Å². The molecule has 0 aromatic heterocycles. The first kappa shape index (κ1) is 16.3. The molecule has 3 nitrogen and oxygen atoms in total. The maximum absolute atomic E-state index is 8.89. The number of rotatable bonds is 0. The molecular formula is IrKO3S2+2. The predicted octanol–water partition coefficient (Wildman–Crippen LogP) is -4.00. The molecule has 0 spiro atoms. The van der Waals surface area contributed by atoms with Gasteiger partial charge < -0.3 is 9.11 Å². The summed E-state index contributed by atoms with van der Waals surface area (Å²) >= 11 is 3.24. The van der Waals surface area contributed by atoms with Crippen LogP contribution in [0.4, 0.5) is 0 Å². The van der Waals surface area contributed by atoms with E-state index in [0.29, 0.717) is 0 Å². The molecule has 0 unspecified atom stereocenters. The molecule has 0 N–H and O–H groups in total. The zero-order chi connectivity index (χ0) is 4.50. The van der Waals surface area contributed by atoms with Gasteiger partial charge in [0.25, 0.3) is 0 Å². The summed E-state index contributed by atoms with van der Waals surface area (Å²) < 4.78 is 26.7. The second kappa shape index (κ2) is 6.69. The SMILES string of the molecule is O=S([O-])([O-])=S.[Ir+3].[K+]. The second-order valence-corrected chi connectivity index (χ2v) is 2.45. The minimum Gasteiger partial charge on any atom is -0.780 e. The number of hydrogen-bond donors (Lipinski definition) is 0. The minimum atomic E-state index is -4.33. The molecule has 0 radical (unpaired) electrons. The fourth-order valence-electron chi connectivity index (χ4n) is 0. The van der Waals surface area contributed by atoms with Crippen molar-refractivity contribution in [3.8, 4) is 0 Å². The van der Waals surface area contributed by atoms with Crippen molar-refractivity contribution >= 4 is 20.2 Å². The van der Waals surface area contributed by atoms with Gasteiger partial charge in [0.2, 0.25) is 0 Å². The van der Waals surface area contributed by atoms with Gasteiger partial charge in [0.15, 0.2) is 0 Å². The summed E-state index contributed by atoms with van der Waals surface area (Å²) in [4.78, 5) is 0. The zero-order valence-electron chi connectivity index (χ0n) is 3.37. The third-order valence-corrected chi connectivity index (χ3v) is 0. The third-order valence-electron chi connectivity index (χ3n) is 0. The first-order valence-corrected chi connectivity index (χ1v) is 3.00. The van der Waals surface area contributed by atoms with E-state index in [1.807, 2.05) is 0 Å². The molecule has 0 atom stereocenters. The molecule has 0 saturated heterocycles. The summed E-state index contributed by atoms with van der Waals surface area (Å²) in [5.74, 6) is 0. The van der Waals surface area contributed by atoms with Crippen LogP contribution in [0.3, 0.4) is 0 Å². The van der Waals surface area contributed by atoms with Crippen molar-refractivity contribution < 1.29 is 84.8 Å². The molecule has 0 rings (SSSR count). The van der Waals surface area contributed by atoms with E-state index in [2.05, 4.69) is 11.2 Å². The van der Waals surface area contributed by atoms with Gasteiger partial charge in [-0.05, 0) is 11.2 Å². The monoisotopic (exact) mass is 344 g/mol. The molecule has 0 aliphatic heterocycles. The topological polar surface area (TPSA) is 63.2 Å². The molecule has 0 aliphatic rings. The standard InChI is InChI=1S/Ir.K.H2O3S2/c;;1-5(2,3)4/h;;(H2,1,2,3,4)/q+3;+1;/p-2. The van der Waals surface area contributed by atoms with E-state index in [1.54, 1.807) is 0 Å². The van der Waals surface area contributed by atoms with E-state index >= 15 is 0 Å². The van der Waals surface area contributed by atoms with E-state index in [9.17, 15) is 0 Å². The van der Waals surface area contributed by atoms with Crippen LogP contribution in [-0.2, 0) is 40.3 Å². The molecule has 7 heavy (non-hydrogen) atoms. The van der Waals surface area contributed by atoms with Gasteiger partial charge in [-0.1, -0.05) is 0 Å². The molecule has 7 heteroatoms. The Morgan fingerprint density at radius 3 is 1.43 bits per heavy atom. The van der Waals surface area contributed by atoms with Crippen LogP contribution in [0.2, 0.25) is 0 Å². The van der Waals surface area contributed by atoms with Gasteiger partial charge in [-0.15, -0.1) is 9.05 Å². The van der Waals surface area contributed by atoms with Gasteiger partial charge in [-0.25, -0.2) is 0 Å². The molecule has 0 fully saturated rings. The van der Waals surface area contributed by atoms with Crippen molar-refractivity contribution in [3.63, 3.8) is 0 Å². The Labute approximate surface area is 103 Å². The smallest absolute Gasteiger partial charge is 0.780 e. The molecule has 0 bridgehead atoms. The molecule has 0 amide bonds. The van der Waals surface area contributed by atoms with Crippen LogP contribution < -0.4 is 51.4 Å². The van der Waals surface area contributed by atoms with Gasteiger partial charge in [0.1, 0.15) is 0 Å². The quantitative estimate of drug-likeness (QED) is 0.421. The maximum Gasteiger partial charge on any atom is 3.00 e. The van der Waals surface area contributed by atoms with Crippen LogP contribution in [0, 0.1) is 0 Å². The van der Waals surface area contributed by atoms with Crippen molar-refractivity contribution in [3.05, 3.63) is 0 Å². The van der Waals surface area contributed by atoms with E-state index in [0.717, 1.165) is 0 Å². The third kappa shape index (κ3) is 55.9. The van der Waals surface area contributed by atoms with E-state index in [4.69, 9.17) is 13.3 Å². The Kier molecular flexibility index (Phi) is 15.6. The molecular weight excluding hydrogens is 343 g/mol. The van der Waals surface area contributed by atoms with Crippen LogP contribution in [-0.4, -0.2) is 13.3 Å². The van der Waals surface area contributed by atoms with Gasteiger partial charge in [0.05, 0.1) is 0 Å². The van der Waals surface area contributed by atoms with E-state index < -0.39 is 9.05 Å². The summed E-state index contributed by atoms with van der Waals surface area (Å²) in [6.07, 6.45) is 0. The van der Waals surface area contributed by atoms with Crippen molar-refractivity contribution in [2.75, 3.05) is 0 Å². The molecule has 0 aliphatic carbocycles. The summed E-state index contributed by atoms with van der Waals surface area (Å²) in [6, 6.07) is 0. The van der Waals surface area contributed by atoms with Crippen molar-refractivity contribution in [2.45, 2.75) is 0 Å². The fraction of sp³-hybridized carbons (Fsp3) is 0. The maximum atomic E-state index is 8.89. The average Bonchev–Trinajstić information content (AvgIpc) is 0.722. The van der Waals surface area contributed by atoms with Gasteiger partial charge in [0, 0.05) is 0 Å². The summed E-state index contributed by atoms with van der Waals surface area (Å²) in [5.41, 5.74) is 0. The Hall–Kier alpha value is 2.58. The van der Waals surface area contributed by atoms with Crippen LogP contribution in [0.25, 0.3) is 0 Å². The summed E-state index contributed by atoms with van der Waals surface area (Å²) in [7, 11) is -4.33. The van der Waals surface area contributed by atoms with Gasteiger partial charge in [-0.2, -0.15) is 0 Å². The first-order valence-electron chi connectivity index (χ1n) is 0.667. The molecule has 0 heterocycles. The van der Waals surface area contributed by atoms with Crippen LogP contribution in [0.15, 0.2) is 0 Å². The van der Waals surface area contributed by atoms with Gasteiger partial charge in [-0.3, -0.25) is 4.21 Å². The molecule has 38 valence electrons. The van der Waals surface area contributed by atoms with Gasteiger partial charge >= 0.3 is 71.5 Å². The summed E-state index contributed by atoms with van der Waals surface area (Å²) in [6.45, 7) is 0. The Bertz CT molecular complexity index is 96.1. The van der Waals surface area contributed by atoms with E-state index in [-0.39, 0.29) is 71.5 Å². The van der Waals surface area contributed by atoms with Crippen molar-refractivity contribution in [1.82, 2.24) is 0 Å².